The van der Waals surface area contributed by atoms with Crippen LogP contribution in [0.15, 0.2) is 30.3 Å². The lowest BCUT2D eigenvalue weighted by atomic mass is 9.96. The third kappa shape index (κ3) is 4.04. The Kier molecular flexibility index (Phi) is 4.98. The molecule has 1 fully saturated rings. The van der Waals surface area contributed by atoms with Gasteiger partial charge in [0.1, 0.15) is 18.3 Å². The Hall–Kier alpha value is -2.82. The summed E-state index contributed by atoms with van der Waals surface area (Å²) in [4.78, 5) is 18.3. The number of carbonyl (C=O) groups excluding carboxylic acids is 1. The number of nitrogens with one attached hydrogen (secondary N) is 1. The number of piperidine rings is 1. The van der Waals surface area contributed by atoms with Gasteiger partial charge >= 0.3 is 6.18 Å². The fraction of sp³-hybridized carbons (Fsp3) is 0.389. The number of nitriles is 1. The van der Waals surface area contributed by atoms with E-state index in [0.29, 0.717) is 31.4 Å². The monoisotopic (exact) mass is 362 g/mol. The average molecular weight is 362 g/mol. The van der Waals surface area contributed by atoms with E-state index < -0.39 is 24.5 Å². The molecule has 1 saturated heterocycles. The molecule has 0 aliphatic carbocycles. The lowest BCUT2D eigenvalue weighted by Gasteiger charge is -2.34. The molecule has 3 rings (SSSR count). The fourth-order valence-corrected chi connectivity index (χ4v) is 3.22. The molecule has 0 radical (unpaired) electrons. The smallest absolute Gasteiger partial charge is 0.370 e. The van der Waals surface area contributed by atoms with Crippen molar-refractivity contribution in [1.82, 2.24) is 10.3 Å². The summed E-state index contributed by atoms with van der Waals surface area (Å²) in [6.07, 6.45) is -3.20. The van der Waals surface area contributed by atoms with Crippen molar-refractivity contribution in [2.45, 2.75) is 19.0 Å². The Morgan fingerprint density at radius 3 is 2.88 bits per heavy atom. The first-order chi connectivity index (χ1) is 12.4. The number of para-hydroxylation sites is 1. The molecule has 5 nitrogen and oxygen atoms in total. The highest BCUT2D eigenvalue weighted by Crippen LogP contribution is 2.30. The first kappa shape index (κ1) is 18.0. The molecule has 0 saturated carbocycles. The molecule has 1 atom stereocenters. The topological polar surface area (TPSA) is 69.0 Å². The summed E-state index contributed by atoms with van der Waals surface area (Å²) in [7, 11) is 0. The van der Waals surface area contributed by atoms with Crippen LogP contribution in [0.4, 0.5) is 18.9 Å². The largest absolute Gasteiger partial charge is 0.405 e. The van der Waals surface area contributed by atoms with Gasteiger partial charge in [0.25, 0.3) is 0 Å². The van der Waals surface area contributed by atoms with Crippen LogP contribution in [0.2, 0.25) is 0 Å². The van der Waals surface area contributed by atoms with Crippen LogP contribution in [0.25, 0.3) is 10.9 Å². The molecule has 136 valence electrons. The third-order valence-electron chi connectivity index (χ3n) is 4.40. The van der Waals surface area contributed by atoms with Crippen molar-refractivity contribution in [3.8, 4) is 6.07 Å². The van der Waals surface area contributed by atoms with Gasteiger partial charge in [0.15, 0.2) is 0 Å². The number of fused-ring (bicyclic) bond motifs is 1. The van der Waals surface area contributed by atoms with Gasteiger partial charge < -0.3 is 10.2 Å². The van der Waals surface area contributed by atoms with E-state index in [1.807, 2.05) is 34.5 Å². The normalized spacial score (nSPS) is 17.8. The second kappa shape index (κ2) is 7.20. The second-order valence-electron chi connectivity index (χ2n) is 6.27. The van der Waals surface area contributed by atoms with Crippen LogP contribution in [0.5, 0.6) is 0 Å². The minimum atomic E-state index is -4.42. The van der Waals surface area contributed by atoms with Crippen LogP contribution < -0.4 is 10.2 Å². The maximum absolute atomic E-state index is 12.3. The summed E-state index contributed by atoms with van der Waals surface area (Å²) in [5.41, 5.74) is 1.72. The number of amides is 1. The van der Waals surface area contributed by atoms with Crippen LogP contribution in [0.3, 0.4) is 0 Å². The van der Waals surface area contributed by atoms with Crippen LogP contribution in [-0.2, 0) is 4.79 Å². The zero-order valence-electron chi connectivity index (χ0n) is 13.9. The maximum Gasteiger partial charge on any atom is 0.405 e. The summed E-state index contributed by atoms with van der Waals surface area (Å²) in [6.45, 7) is -0.344. The zero-order valence-corrected chi connectivity index (χ0v) is 13.9. The van der Waals surface area contributed by atoms with Gasteiger partial charge in [-0.25, -0.2) is 4.98 Å². The minimum Gasteiger partial charge on any atom is -0.370 e. The van der Waals surface area contributed by atoms with Gasteiger partial charge in [0.05, 0.1) is 11.4 Å². The fourth-order valence-electron chi connectivity index (χ4n) is 3.22. The number of alkyl halides is 3. The van der Waals surface area contributed by atoms with Crippen LogP contribution in [0.1, 0.15) is 18.5 Å². The number of anilines is 1. The Balaban J connectivity index is 1.83. The van der Waals surface area contributed by atoms with Crippen LogP contribution in [-0.4, -0.2) is 36.7 Å². The van der Waals surface area contributed by atoms with Gasteiger partial charge in [-0.1, -0.05) is 18.2 Å². The molecule has 1 aromatic carbocycles. The molecule has 1 aromatic heterocycles. The predicted molar refractivity (Wildman–Crippen MR) is 90.5 cm³/mol. The van der Waals surface area contributed by atoms with E-state index in [1.54, 1.807) is 12.1 Å². The molecule has 26 heavy (non-hydrogen) atoms. The third-order valence-corrected chi connectivity index (χ3v) is 4.40. The second-order valence-corrected chi connectivity index (χ2v) is 6.27. The van der Waals surface area contributed by atoms with Crippen molar-refractivity contribution < 1.29 is 18.0 Å². The first-order valence-electron chi connectivity index (χ1n) is 8.26. The quantitative estimate of drug-likeness (QED) is 0.911. The Morgan fingerprint density at radius 2 is 2.15 bits per heavy atom. The molecular formula is C18H17F3N4O. The molecule has 1 unspecified atom stereocenters. The zero-order chi connectivity index (χ0) is 18.7. The number of nitrogens with zero attached hydrogens (tertiary/aromatic N) is 3. The summed E-state index contributed by atoms with van der Waals surface area (Å²) in [6, 6.07) is 11.1. The Labute approximate surface area is 148 Å². The molecule has 8 heteroatoms. The highest BCUT2D eigenvalue weighted by molar-refractivity contribution is 5.92. The molecule has 1 amide bonds. The first-order valence-corrected chi connectivity index (χ1v) is 8.26. The number of hydrogen-bond acceptors (Lipinski definition) is 4. The molecule has 1 aliphatic rings. The molecule has 1 N–H and O–H groups in total. The standard InChI is InChI=1S/C18H17F3N4O/c19-18(20,21)11-23-17(26)12-4-3-7-25(10-12)16-8-13(9-22)24-15-6-2-1-5-14(15)16/h1-2,5-6,8,12H,3-4,7,10-11H2,(H,23,26). The highest BCUT2D eigenvalue weighted by atomic mass is 19.4. The van der Waals surface area contributed by atoms with Crippen molar-refractivity contribution in [2.24, 2.45) is 5.92 Å². The SMILES string of the molecule is N#Cc1cc(N2CCCC(C(=O)NCC(F)(F)F)C2)c2ccccc2n1. The van der Waals surface area contributed by atoms with Crippen molar-refractivity contribution >= 4 is 22.5 Å². The number of pyridine rings is 1. The van der Waals surface area contributed by atoms with Crippen molar-refractivity contribution in [3.63, 3.8) is 0 Å². The summed E-state index contributed by atoms with van der Waals surface area (Å²) in [5, 5.41) is 12.0. The van der Waals surface area contributed by atoms with E-state index in [9.17, 15) is 23.2 Å². The van der Waals surface area contributed by atoms with Gasteiger partial charge in [-0.3, -0.25) is 4.79 Å². The van der Waals surface area contributed by atoms with E-state index in [4.69, 9.17) is 0 Å². The van der Waals surface area contributed by atoms with Gasteiger partial charge in [-0.15, -0.1) is 0 Å². The van der Waals surface area contributed by atoms with Crippen molar-refractivity contribution in [1.29, 1.82) is 5.26 Å². The molecule has 2 heterocycles. The highest BCUT2D eigenvalue weighted by Gasteiger charge is 2.31. The van der Waals surface area contributed by atoms with E-state index in [0.717, 1.165) is 11.1 Å². The lowest BCUT2D eigenvalue weighted by molar-refractivity contribution is -0.140. The maximum atomic E-state index is 12.3. The van der Waals surface area contributed by atoms with Gasteiger partial charge in [-0.2, -0.15) is 18.4 Å². The minimum absolute atomic E-state index is 0.266. The molecule has 0 spiro atoms. The lowest BCUT2D eigenvalue weighted by Crippen LogP contribution is -2.45. The number of carbonyl (C=O) groups is 1. The number of aromatic nitrogens is 1. The van der Waals surface area contributed by atoms with E-state index in [2.05, 4.69) is 4.98 Å². The summed E-state index contributed by atoms with van der Waals surface area (Å²) < 4.78 is 37.0. The number of rotatable bonds is 3. The van der Waals surface area contributed by atoms with Crippen molar-refractivity contribution in [3.05, 3.63) is 36.0 Å². The molecule has 0 bridgehead atoms. The van der Waals surface area contributed by atoms with Gasteiger partial charge in [-0.05, 0) is 25.0 Å². The summed E-state index contributed by atoms with van der Waals surface area (Å²) in [5.74, 6) is -1.12. The van der Waals surface area contributed by atoms with Crippen molar-refractivity contribution in [2.75, 3.05) is 24.5 Å². The van der Waals surface area contributed by atoms with E-state index in [-0.39, 0.29) is 5.69 Å². The van der Waals surface area contributed by atoms with Crippen LogP contribution in [0, 0.1) is 17.2 Å². The molecular weight excluding hydrogens is 345 g/mol. The average Bonchev–Trinajstić information content (AvgIpc) is 2.64. The molecule has 1 aliphatic heterocycles. The Bertz CT molecular complexity index is 860. The van der Waals surface area contributed by atoms with Gasteiger partial charge in [0.2, 0.25) is 5.91 Å². The van der Waals surface area contributed by atoms with E-state index >= 15 is 0 Å². The number of benzene rings is 1. The summed E-state index contributed by atoms with van der Waals surface area (Å²) >= 11 is 0. The van der Waals surface area contributed by atoms with Crippen LogP contribution >= 0.6 is 0 Å². The van der Waals surface area contributed by atoms with E-state index in [1.165, 1.54) is 0 Å². The Morgan fingerprint density at radius 1 is 1.38 bits per heavy atom. The van der Waals surface area contributed by atoms with Gasteiger partial charge in [0, 0.05) is 24.2 Å². The number of halogens is 3. The number of hydrogen-bond donors (Lipinski definition) is 1. The molecule has 2 aromatic rings. The predicted octanol–water partition coefficient (Wildman–Crippen LogP) is 3.00.